The number of ether oxygens (including phenoxy) is 3. The van der Waals surface area contributed by atoms with Crippen molar-refractivity contribution in [2.45, 2.75) is 45.6 Å². The zero-order chi connectivity index (χ0) is 23.0. The van der Waals surface area contributed by atoms with Gasteiger partial charge in [0.15, 0.2) is 6.79 Å². The highest BCUT2D eigenvalue weighted by atomic mass is 35.5. The topological polar surface area (TPSA) is 60.0 Å². The third-order valence-electron chi connectivity index (χ3n) is 4.95. The zero-order valence-corrected chi connectivity index (χ0v) is 19.9. The molecule has 0 aliphatic rings. The number of amides is 2. The van der Waals surface area contributed by atoms with Gasteiger partial charge >= 0.3 is 6.03 Å². The fourth-order valence-corrected chi connectivity index (χ4v) is 3.24. The standard InChI is InChI=1S/C25H35ClN2O4/c1-3-4-5-6-7-16-28(25(29)27-23-12-10-22(26)11-13-23)19-21-8-14-24(15-9-21)32-20-31-18-17-30-2/h8-15H,3-7,16-20H2,1-2H3,(H,27,29). The van der Waals surface area contributed by atoms with Crippen LogP contribution >= 0.6 is 11.6 Å². The second kappa shape index (κ2) is 15.5. The number of nitrogens with zero attached hydrogens (tertiary/aromatic N) is 1. The maximum Gasteiger partial charge on any atom is 0.322 e. The van der Waals surface area contributed by atoms with Gasteiger partial charge in [0, 0.05) is 30.9 Å². The second-order valence-corrected chi connectivity index (χ2v) is 8.02. The Kier molecular flexibility index (Phi) is 12.6. The van der Waals surface area contributed by atoms with Crippen molar-refractivity contribution >= 4 is 23.3 Å². The maximum absolute atomic E-state index is 12.9. The molecule has 2 aromatic rings. The van der Waals surface area contributed by atoms with E-state index in [1.54, 1.807) is 31.4 Å². The minimum Gasteiger partial charge on any atom is -0.468 e. The van der Waals surface area contributed by atoms with Gasteiger partial charge in [0.25, 0.3) is 0 Å². The van der Waals surface area contributed by atoms with Crippen molar-refractivity contribution in [3.63, 3.8) is 0 Å². The molecule has 2 aromatic carbocycles. The lowest BCUT2D eigenvalue weighted by molar-refractivity contribution is -0.00847. The number of carbonyl (C=O) groups is 1. The lowest BCUT2D eigenvalue weighted by atomic mass is 10.1. The van der Waals surface area contributed by atoms with Crippen LogP contribution in [0.15, 0.2) is 48.5 Å². The third-order valence-corrected chi connectivity index (χ3v) is 5.20. The number of carbonyl (C=O) groups excluding carboxylic acids is 1. The number of unbranched alkanes of at least 4 members (excludes halogenated alkanes) is 4. The summed E-state index contributed by atoms with van der Waals surface area (Å²) in [5, 5.41) is 3.62. The number of benzene rings is 2. The number of hydrogen-bond donors (Lipinski definition) is 1. The number of rotatable bonds is 15. The van der Waals surface area contributed by atoms with E-state index in [1.807, 2.05) is 29.2 Å². The first kappa shape index (κ1) is 26.0. The fourth-order valence-electron chi connectivity index (χ4n) is 3.12. The van der Waals surface area contributed by atoms with E-state index in [1.165, 1.54) is 19.3 Å². The van der Waals surface area contributed by atoms with Crippen LogP contribution in [0.4, 0.5) is 10.5 Å². The summed E-state index contributed by atoms with van der Waals surface area (Å²) in [6.07, 6.45) is 5.73. The molecule has 2 amide bonds. The monoisotopic (exact) mass is 462 g/mol. The smallest absolute Gasteiger partial charge is 0.322 e. The molecule has 0 aliphatic carbocycles. The maximum atomic E-state index is 12.9. The normalized spacial score (nSPS) is 10.7. The molecule has 0 atom stereocenters. The van der Waals surface area contributed by atoms with Crippen molar-refractivity contribution in [1.29, 1.82) is 0 Å². The molecule has 0 heterocycles. The summed E-state index contributed by atoms with van der Waals surface area (Å²) >= 11 is 5.95. The van der Waals surface area contributed by atoms with Crippen LogP contribution in [0.3, 0.4) is 0 Å². The molecule has 0 aliphatic heterocycles. The second-order valence-electron chi connectivity index (χ2n) is 7.58. The Labute approximate surface area is 196 Å². The molecule has 0 bridgehead atoms. The van der Waals surface area contributed by atoms with Crippen molar-refractivity contribution < 1.29 is 19.0 Å². The van der Waals surface area contributed by atoms with Crippen LogP contribution < -0.4 is 10.1 Å². The van der Waals surface area contributed by atoms with Crippen LogP contribution in [0.25, 0.3) is 0 Å². The Balaban J connectivity index is 1.92. The highest BCUT2D eigenvalue weighted by Crippen LogP contribution is 2.17. The van der Waals surface area contributed by atoms with E-state index in [-0.39, 0.29) is 12.8 Å². The van der Waals surface area contributed by atoms with Crippen molar-refractivity contribution in [2.24, 2.45) is 0 Å². The summed E-state index contributed by atoms with van der Waals surface area (Å²) in [6.45, 7) is 4.63. The first-order chi connectivity index (χ1) is 15.6. The third kappa shape index (κ3) is 10.4. The van der Waals surface area contributed by atoms with Crippen LogP contribution in [0.5, 0.6) is 5.75 Å². The molecule has 1 N–H and O–H groups in total. The molecule has 0 unspecified atom stereocenters. The molecule has 32 heavy (non-hydrogen) atoms. The number of hydrogen-bond acceptors (Lipinski definition) is 4. The van der Waals surface area contributed by atoms with Gasteiger partial charge in [-0.3, -0.25) is 0 Å². The Hall–Kier alpha value is -2.28. The Morgan fingerprint density at radius 2 is 1.69 bits per heavy atom. The highest BCUT2D eigenvalue weighted by molar-refractivity contribution is 6.30. The first-order valence-corrected chi connectivity index (χ1v) is 11.6. The van der Waals surface area contributed by atoms with E-state index in [9.17, 15) is 4.79 Å². The van der Waals surface area contributed by atoms with E-state index in [0.29, 0.717) is 31.3 Å². The van der Waals surface area contributed by atoms with E-state index < -0.39 is 0 Å². The van der Waals surface area contributed by atoms with Gasteiger partial charge < -0.3 is 24.4 Å². The van der Waals surface area contributed by atoms with Gasteiger partial charge in [0.2, 0.25) is 0 Å². The lowest BCUT2D eigenvalue weighted by Crippen LogP contribution is -2.35. The molecular weight excluding hydrogens is 428 g/mol. The predicted octanol–water partition coefficient (Wildman–Crippen LogP) is 6.34. The highest BCUT2D eigenvalue weighted by Gasteiger charge is 2.14. The average molecular weight is 463 g/mol. The minimum atomic E-state index is -0.116. The van der Waals surface area contributed by atoms with Gasteiger partial charge in [0.05, 0.1) is 13.2 Å². The largest absolute Gasteiger partial charge is 0.468 e. The molecular formula is C25H35ClN2O4. The molecule has 0 saturated heterocycles. The first-order valence-electron chi connectivity index (χ1n) is 11.2. The molecule has 0 saturated carbocycles. The Morgan fingerprint density at radius 3 is 2.38 bits per heavy atom. The number of halogens is 1. The summed E-state index contributed by atoms with van der Waals surface area (Å²) in [5.74, 6) is 0.725. The van der Waals surface area contributed by atoms with Crippen LogP contribution in [0.1, 0.15) is 44.6 Å². The number of urea groups is 1. The summed E-state index contributed by atoms with van der Waals surface area (Å²) in [7, 11) is 1.63. The van der Waals surface area contributed by atoms with Gasteiger partial charge in [0.1, 0.15) is 5.75 Å². The molecule has 2 rings (SSSR count). The van der Waals surface area contributed by atoms with Crippen molar-refractivity contribution in [3.8, 4) is 5.75 Å². The average Bonchev–Trinajstić information content (AvgIpc) is 2.80. The molecule has 6 nitrogen and oxygen atoms in total. The molecule has 0 radical (unpaired) electrons. The van der Waals surface area contributed by atoms with E-state index in [2.05, 4.69) is 12.2 Å². The van der Waals surface area contributed by atoms with E-state index in [4.69, 9.17) is 25.8 Å². The van der Waals surface area contributed by atoms with E-state index >= 15 is 0 Å². The van der Waals surface area contributed by atoms with Crippen LogP contribution in [0.2, 0.25) is 5.02 Å². The zero-order valence-electron chi connectivity index (χ0n) is 19.1. The molecule has 0 fully saturated rings. The summed E-state index contributed by atoms with van der Waals surface area (Å²) in [6, 6.07) is 14.8. The molecule has 0 spiro atoms. The fraction of sp³-hybridized carbons (Fsp3) is 0.480. The lowest BCUT2D eigenvalue weighted by Gasteiger charge is -2.23. The quantitative estimate of drug-likeness (QED) is 0.247. The van der Waals surface area contributed by atoms with Crippen molar-refractivity contribution in [3.05, 3.63) is 59.1 Å². The van der Waals surface area contributed by atoms with Gasteiger partial charge in [-0.2, -0.15) is 0 Å². The number of nitrogens with one attached hydrogen (secondary N) is 1. The van der Waals surface area contributed by atoms with Crippen LogP contribution in [-0.4, -0.2) is 44.6 Å². The van der Waals surface area contributed by atoms with Crippen LogP contribution in [-0.2, 0) is 16.0 Å². The summed E-state index contributed by atoms with van der Waals surface area (Å²) in [5.41, 5.74) is 1.77. The van der Waals surface area contributed by atoms with Gasteiger partial charge in [-0.15, -0.1) is 0 Å². The predicted molar refractivity (Wildman–Crippen MR) is 129 cm³/mol. The Morgan fingerprint density at radius 1 is 0.969 bits per heavy atom. The van der Waals surface area contributed by atoms with E-state index in [0.717, 1.165) is 29.8 Å². The van der Waals surface area contributed by atoms with Crippen molar-refractivity contribution in [1.82, 2.24) is 4.90 Å². The summed E-state index contributed by atoms with van der Waals surface area (Å²) in [4.78, 5) is 14.8. The summed E-state index contributed by atoms with van der Waals surface area (Å²) < 4.78 is 15.8. The number of anilines is 1. The van der Waals surface area contributed by atoms with Crippen LogP contribution in [0, 0.1) is 0 Å². The Bertz CT molecular complexity index is 769. The molecule has 0 aromatic heterocycles. The van der Waals surface area contributed by atoms with Gasteiger partial charge in [-0.05, 0) is 48.4 Å². The molecule has 176 valence electrons. The molecule has 7 heteroatoms. The van der Waals surface area contributed by atoms with Crippen molar-refractivity contribution in [2.75, 3.05) is 39.0 Å². The SMILES string of the molecule is CCCCCCCN(Cc1ccc(OCOCCOC)cc1)C(=O)Nc1ccc(Cl)cc1. The number of methoxy groups -OCH3 is 1. The minimum absolute atomic E-state index is 0.116. The van der Waals surface area contributed by atoms with Gasteiger partial charge in [-0.1, -0.05) is 56.3 Å². The van der Waals surface area contributed by atoms with Gasteiger partial charge in [-0.25, -0.2) is 4.79 Å².